The van der Waals surface area contributed by atoms with Crippen LogP contribution in [0.15, 0.2) is 45.6 Å². The number of aromatic hydroxyl groups is 3. The molecule has 4 rings (SSSR count). The Morgan fingerprint density at radius 3 is 2.27 bits per heavy atom. The summed E-state index contributed by atoms with van der Waals surface area (Å²) in [4.78, 5) is 23.8. The molecule has 1 aromatic heterocycles. The Hall–Kier alpha value is -3.84. The normalized spacial score (nSPS) is 25.1. The number of carboxylic acid groups (broad SMARTS) is 1. The summed E-state index contributed by atoms with van der Waals surface area (Å²) in [5.74, 6) is -3.22. The topological polar surface area (TPSA) is 207 Å². The lowest BCUT2D eigenvalue weighted by atomic mass is 9.99. The Balaban J connectivity index is 1.72. The predicted octanol–water partition coefficient (Wildman–Crippen LogP) is -0.152. The number of carboxylic acids is 1. The number of phenols is 3. The van der Waals surface area contributed by atoms with E-state index in [9.17, 15) is 40.2 Å². The van der Waals surface area contributed by atoms with Crippen LogP contribution in [-0.4, -0.2) is 72.4 Å². The zero-order valence-electron chi connectivity index (χ0n) is 16.5. The number of phenolic OH excluding ortho intramolecular Hbond substituents is 3. The number of carbonyl (C=O) groups is 1. The van der Waals surface area contributed by atoms with Crippen LogP contribution >= 0.6 is 0 Å². The number of aliphatic hydroxyl groups excluding tert-OH is 3. The van der Waals surface area contributed by atoms with Crippen molar-refractivity contribution < 1.29 is 54.4 Å². The first-order valence-corrected chi connectivity index (χ1v) is 9.49. The average Bonchev–Trinajstić information content (AvgIpc) is 2.75. The second kappa shape index (κ2) is 8.26. The van der Waals surface area contributed by atoms with E-state index in [0.29, 0.717) is 0 Å². The number of hydrogen-bond acceptors (Lipinski definition) is 11. The Morgan fingerprint density at radius 2 is 1.61 bits per heavy atom. The van der Waals surface area contributed by atoms with Crippen molar-refractivity contribution in [3.8, 4) is 34.3 Å². The molecule has 174 valence electrons. The molecular weight excluding hydrogens is 444 g/mol. The van der Waals surface area contributed by atoms with Crippen LogP contribution in [0.5, 0.6) is 23.0 Å². The van der Waals surface area contributed by atoms with Crippen LogP contribution < -0.4 is 10.2 Å². The molecule has 0 spiro atoms. The van der Waals surface area contributed by atoms with Crippen LogP contribution in [0.1, 0.15) is 0 Å². The summed E-state index contributed by atoms with van der Waals surface area (Å²) in [6.45, 7) is 0. The SMILES string of the molecule is O=C(O)[C@H]1O[C@H](Oc2cc(O)c3c(=O)cc(-c4ccc(O)c(O)c4)oc3c2)[C@H](O)[C@@H](O)[C@@H]1O. The van der Waals surface area contributed by atoms with Gasteiger partial charge in [0.2, 0.25) is 6.29 Å². The number of aliphatic carboxylic acids is 1. The summed E-state index contributed by atoms with van der Waals surface area (Å²) in [7, 11) is 0. The first kappa shape index (κ1) is 22.4. The molecule has 7 N–H and O–H groups in total. The molecule has 33 heavy (non-hydrogen) atoms. The lowest BCUT2D eigenvalue weighted by Gasteiger charge is -2.38. The molecule has 0 unspecified atom stereocenters. The van der Waals surface area contributed by atoms with Gasteiger partial charge in [-0.2, -0.15) is 0 Å². The standard InChI is InChI=1S/C21H18O12/c22-9-2-1-7(3-10(9)23)13-6-12(25)15-11(24)4-8(5-14(15)32-13)31-21-18(28)16(26)17(27)19(33-21)20(29)30/h1-6,16-19,21-24,26-28H,(H,29,30)/t16-,17-,18+,19-,21-/m0/s1. The van der Waals surface area contributed by atoms with Crippen LogP contribution in [0.3, 0.4) is 0 Å². The molecule has 1 fully saturated rings. The average molecular weight is 462 g/mol. The number of fused-ring (bicyclic) bond motifs is 1. The first-order valence-electron chi connectivity index (χ1n) is 9.49. The van der Waals surface area contributed by atoms with Gasteiger partial charge < -0.3 is 49.6 Å². The van der Waals surface area contributed by atoms with E-state index >= 15 is 0 Å². The second-order valence-electron chi connectivity index (χ2n) is 7.35. The van der Waals surface area contributed by atoms with Crippen molar-refractivity contribution in [2.24, 2.45) is 0 Å². The lowest BCUT2D eigenvalue weighted by Crippen LogP contribution is -2.61. The summed E-state index contributed by atoms with van der Waals surface area (Å²) in [6, 6.07) is 6.94. The number of rotatable bonds is 4. The van der Waals surface area contributed by atoms with Crippen LogP contribution in [0.4, 0.5) is 0 Å². The highest BCUT2D eigenvalue weighted by Crippen LogP contribution is 2.35. The Kier molecular flexibility index (Phi) is 5.59. The monoisotopic (exact) mass is 462 g/mol. The van der Waals surface area contributed by atoms with Gasteiger partial charge in [-0.05, 0) is 18.2 Å². The molecule has 12 nitrogen and oxygen atoms in total. The number of benzene rings is 2. The van der Waals surface area contributed by atoms with E-state index in [4.69, 9.17) is 19.0 Å². The molecule has 0 radical (unpaired) electrons. The fourth-order valence-electron chi connectivity index (χ4n) is 3.41. The van der Waals surface area contributed by atoms with E-state index in [0.717, 1.165) is 24.3 Å². The van der Waals surface area contributed by atoms with E-state index in [1.54, 1.807) is 0 Å². The van der Waals surface area contributed by atoms with E-state index in [-0.39, 0.29) is 33.8 Å². The second-order valence-corrected chi connectivity index (χ2v) is 7.35. The van der Waals surface area contributed by atoms with Gasteiger partial charge >= 0.3 is 5.97 Å². The largest absolute Gasteiger partial charge is 0.507 e. The van der Waals surface area contributed by atoms with Gasteiger partial charge in [0.05, 0.1) is 0 Å². The van der Waals surface area contributed by atoms with Gasteiger partial charge in [0.15, 0.2) is 23.0 Å². The van der Waals surface area contributed by atoms with Gasteiger partial charge in [0.1, 0.15) is 46.5 Å². The van der Waals surface area contributed by atoms with Crippen LogP contribution in [0, 0.1) is 0 Å². The Morgan fingerprint density at radius 1 is 0.879 bits per heavy atom. The zero-order valence-corrected chi connectivity index (χ0v) is 16.5. The Labute approximate surface area is 183 Å². The highest BCUT2D eigenvalue weighted by atomic mass is 16.7. The van der Waals surface area contributed by atoms with Crippen molar-refractivity contribution >= 4 is 16.9 Å². The minimum absolute atomic E-state index is 0.0159. The van der Waals surface area contributed by atoms with Gasteiger partial charge in [0, 0.05) is 23.8 Å². The quantitative estimate of drug-likeness (QED) is 0.253. The Bertz CT molecular complexity index is 1280. The third-order valence-electron chi connectivity index (χ3n) is 5.11. The fourth-order valence-corrected chi connectivity index (χ4v) is 3.41. The third-order valence-corrected chi connectivity index (χ3v) is 5.11. The number of ether oxygens (including phenoxy) is 2. The van der Waals surface area contributed by atoms with Crippen molar-refractivity contribution in [2.75, 3.05) is 0 Å². The minimum Gasteiger partial charge on any atom is -0.507 e. The maximum atomic E-state index is 12.5. The molecule has 1 aliphatic heterocycles. The first-order chi connectivity index (χ1) is 15.6. The molecule has 0 bridgehead atoms. The minimum atomic E-state index is -1.91. The molecule has 1 saturated heterocycles. The smallest absolute Gasteiger partial charge is 0.335 e. The van der Waals surface area contributed by atoms with Gasteiger partial charge in [-0.15, -0.1) is 0 Å². The zero-order chi connectivity index (χ0) is 24.0. The van der Waals surface area contributed by atoms with Crippen molar-refractivity contribution in [2.45, 2.75) is 30.7 Å². The van der Waals surface area contributed by atoms with Crippen LogP contribution in [0.25, 0.3) is 22.3 Å². The highest BCUT2D eigenvalue weighted by Gasteiger charge is 2.48. The van der Waals surface area contributed by atoms with Crippen molar-refractivity contribution in [1.82, 2.24) is 0 Å². The molecule has 12 heteroatoms. The van der Waals surface area contributed by atoms with Crippen molar-refractivity contribution in [3.63, 3.8) is 0 Å². The van der Waals surface area contributed by atoms with Crippen molar-refractivity contribution in [1.29, 1.82) is 0 Å². The molecule has 0 amide bonds. The molecular formula is C21H18O12. The van der Waals surface area contributed by atoms with E-state index in [1.807, 2.05) is 0 Å². The summed E-state index contributed by atoms with van der Waals surface area (Å²) < 4.78 is 16.0. The fraction of sp³-hybridized carbons (Fsp3) is 0.238. The summed E-state index contributed by atoms with van der Waals surface area (Å²) >= 11 is 0. The van der Waals surface area contributed by atoms with Gasteiger partial charge in [-0.25, -0.2) is 4.79 Å². The molecule has 2 aromatic carbocycles. The van der Waals surface area contributed by atoms with Crippen molar-refractivity contribution in [3.05, 3.63) is 46.6 Å². The molecule has 0 saturated carbocycles. The van der Waals surface area contributed by atoms with E-state index in [2.05, 4.69) is 0 Å². The molecule has 0 aliphatic carbocycles. The molecule has 2 heterocycles. The molecule has 5 atom stereocenters. The number of aliphatic hydroxyl groups is 3. The summed E-state index contributed by atoms with van der Waals surface area (Å²) in [6.07, 6.45) is -9.29. The molecule has 3 aromatic rings. The van der Waals surface area contributed by atoms with Gasteiger partial charge in [0.25, 0.3) is 0 Å². The highest BCUT2D eigenvalue weighted by molar-refractivity contribution is 5.86. The number of hydrogen-bond donors (Lipinski definition) is 7. The van der Waals surface area contributed by atoms with E-state index in [1.165, 1.54) is 12.1 Å². The molecule has 1 aliphatic rings. The van der Waals surface area contributed by atoms with E-state index < -0.39 is 53.6 Å². The lowest BCUT2D eigenvalue weighted by molar-refractivity contribution is -0.271. The maximum Gasteiger partial charge on any atom is 0.335 e. The summed E-state index contributed by atoms with van der Waals surface area (Å²) in [5.41, 5.74) is -0.565. The van der Waals surface area contributed by atoms with Gasteiger partial charge in [-0.1, -0.05) is 0 Å². The predicted molar refractivity (Wildman–Crippen MR) is 108 cm³/mol. The summed E-state index contributed by atoms with van der Waals surface area (Å²) in [5, 5.41) is 68.2. The third kappa shape index (κ3) is 4.03. The van der Waals surface area contributed by atoms with Crippen LogP contribution in [0.2, 0.25) is 0 Å². The maximum absolute atomic E-state index is 12.5. The van der Waals surface area contributed by atoms with Gasteiger partial charge in [-0.3, -0.25) is 4.79 Å². The van der Waals surface area contributed by atoms with Crippen LogP contribution in [-0.2, 0) is 9.53 Å².